The molecule has 1 aliphatic heterocycles. The van der Waals surface area contributed by atoms with Crippen molar-refractivity contribution in [2.75, 3.05) is 6.54 Å². The van der Waals surface area contributed by atoms with Crippen LogP contribution in [0.4, 0.5) is 0 Å². The first-order chi connectivity index (χ1) is 9.36. The number of aromatic nitrogens is 3. The second-order valence-electron chi connectivity index (χ2n) is 4.53. The van der Waals surface area contributed by atoms with Crippen LogP contribution in [-0.4, -0.2) is 32.3 Å². The van der Waals surface area contributed by atoms with Crippen LogP contribution in [0.1, 0.15) is 34.9 Å². The van der Waals surface area contributed by atoms with Crippen molar-refractivity contribution in [3.05, 3.63) is 54.4 Å². The van der Waals surface area contributed by atoms with E-state index < -0.39 is 0 Å². The Bertz CT molecular complexity index is 558. The molecule has 0 unspecified atom stereocenters. The van der Waals surface area contributed by atoms with Crippen LogP contribution in [0.2, 0.25) is 0 Å². The zero-order valence-corrected chi connectivity index (χ0v) is 10.4. The Morgan fingerprint density at radius 1 is 1.16 bits per heavy atom. The lowest BCUT2D eigenvalue weighted by Crippen LogP contribution is -2.31. The molecule has 5 heteroatoms. The molecular formula is C14H14N4O. The summed E-state index contributed by atoms with van der Waals surface area (Å²) < 4.78 is 0. The fraction of sp³-hybridized carbons (Fsp3) is 0.286. The molecule has 0 aliphatic carbocycles. The molecule has 0 spiro atoms. The van der Waals surface area contributed by atoms with Crippen molar-refractivity contribution >= 4 is 5.91 Å². The summed E-state index contributed by atoms with van der Waals surface area (Å²) in [4.78, 5) is 26.4. The van der Waals surface area contributed by atoms with Crippen LogP contribution in [0.15, 0.2) is 43.1 Å². The molecule has 0 aromatic carbocycles. The third-order valence-electron chi connectivity index (χ3n) is 3.39. The van der Waals surface area contributed by atoms with Crippen molar-refractivity contribution in [1.82, 2.24) is 19.9 Å². The van der Waals surface area contributed by atoms with Crippen LogP contribution in [0.25, 0.3) is 0 Å². The minimum absolute atomic E-state index is 0.0487. The number of hydrogen-bond donors (Lipinski definition) is 0. The van der Waals surface area contributed by atoms with Crippen molar-refractivity contribution in [3.63, 3.8) is 0 Å². The van der Waals surface area contributed by atoms with Gasteiger partial charge in [-0.3, -0.25) is 14.8 Å². The number of likely N-dealkylation sites (tertiary alicyclic amines) is 1. The van der Waals surface area contributed by atoms with Gasteiger partial charge in [-0.25, -0.2) is 4.98 Å². The minimum Gasteiger partial charge on any atom is -0.330 e. The van der Waals surface area contributed by atoms with Crippen molar-refractivity contribution in [3.8, 4) is 0 Å². The van der Waals surface area contributed by atoms with Gasteiger partial charge in [0.25, 0.3) is 5.91 Å². The summed E-state index contributed by atoms with van der Waals surface area (Å²) >= 11 is 0. The summed E-state index contributed by atoms with van der Waals surface area (Å²) in [6.07, 6.45) is 10.2. The van der Waals surface area contributed by atoms with Crippen LogP contribution in [-0.2, 0) is 0 Å². The average Bonchev–Trinajstić information content (AvgIpc) is 2.98. The van der Waals surface area contributed by atoms with Gasteiger partial charge in [-0.15, -0.1) is 0 Å². The van der Waals surface area contributed by atoms with Crippen LogP contribution >= 0.6 is 0 Å². The van der Waals surface area contributed by atoms with Crippen LogP contribution in [0.3, 0.4) is 0 Å². The summed E-state index contributed by atoms with van der Waals surface area (Å²) in [5.41, 5.74) is 1.54. The van der Waals surface area contributed by atoms with Gasteiger partial charge in [0, 0.05) is 31.3 Å². The number of amides is 1. The summed E-state index contributed by atoms with van der Waals surface area (Å²) in [5.74, 6) is -0.0487. The molecule has 2 aromatic heterocycles. The highest BCUT2D eigenvalue weighted by atomic mass is 16.2. The molecule has 1 fully saturated rings. The quantitative estimate of drug-likeness (QED) is 0.820. The summed E-state index contributed by atoms with van der Waals surface area (Å²) in [5, 5.41) is 0. The standard InChI is InChI=1S/C14H14N4O/c19-14(12-10-16-7-8-17-12)18-9-1-2-13(18)11-3-5-15-6-4-11/h3-8,10,13H,1-2,9H2/t13-/m0/s1. The average molecular weight is 254 g/mol. The smallest absolute Gasteiger partial charge is 0.274 e. The molecule has 5 nitrogen and oxygen atoms in total. The molecule has 0 N–H and O–H groups in total. The van der Waals surface area contributed by atoms with Crippen molar-refractivity contribution in [1.29, 1.82) is 0 Å². The van der Waals surface area contributed by atoms with Crippen molar-refractivity contribution in [2.45, 2.75) is 18.9 Å². The Morgan fingerprint density at radius 2 is 2.00 bits per heavy atom. The summed E-state index contributed by atoms with van der Waals surface area (Å²) in [7, 11) is 0. The van der Waals surface area contributed by atoms with E-state index in [2.05, 4.69) is 15.0 Å². The number of carbonyl (C=O) groups is 1. The van der Waals surface area contributed by atoms with Crippen molar-refractivity contribution < 1.29 is 4.79 Å². The van der Waals surface area contributed by atoms with Gasteiger partial charge in [0.15, 0.2) is 0 Å². The van der Waals surface area contributed by atoms with E-state index in [1.54, 1.807) is 24.8 Å². The normalized spacial score (nSPS) is 18.5. The fourth-order valence-corrected chi connectivity index (χ4v) is 2.50. The van der Waals surface area contributed by atoms with Gasteiger partial charge in [-0.1, -0.05) is 0 Å². The summed E-state index contributed by atoms with van der Waals surface area (Å²) in [6.45, 7) is 0.766. The summed E-state index contributed by atoms with van der Waals surface area (Å²) in [6, 6.07) is 4.05. The fourth-order valence-electron chi connectivity index (χ4n) is 2.50. The van der Waals surface area contributed by atoms with E-state index >= 15 is 0 Å². The molecular weight excluding hydrogens is 240 g/mol. The van der Waals surface area contributed by atoms with E-state index in [1.807, 2.05) is 17.0 Å². The molecule has 0 bridgehead atoms. The highest BCUT2D eigenvalue weighted by molar-refractivity contribution is 5.92. The van der Waals surface area contributed by atoms with Gasteiger partial charge < -0.3 is 4.90 Å². The number of rotatable bonds is 2. The highest BCUT2D eigenvalue weighted by Gasteiger charge is 2.31. The Balaban J connectivity index is 1.86. The van der Waals surface area contributed by atoms with Gasteiger partial charge in [0.2, 0.25) is 0 Å². The van der Waals surface area contributed by atoms with E-state index in [0.717, 1.165) is 24.9 Å². The molecule has 2 aromatic rings. The maximum atomic E-state index is 12.4. The Kier molecular flexibility index (Phi) is 3.18. The first-order valence-electron chi connectivity index (χ1n) is 6.33. The molecule has 1 amide bonds. The first-order valence-corrected chi connectivity index (χ1v) is 6.33. The van der Waals surface area contributed by atoms with Crippen LogP contribution in [0, 0.1) is 0 Å². The lowest BCUT2D eigenvalue weighted by atomic mass is 10.1. The van der Waals surface area contributed by atoms with E-state index in [4.69, 9.17) is 0 Å². The number of pyridine rings is 1. The molecule has 19 heavy (non-hydrogen) atoms. The van der Waals surface area contributed by atoms with E-state index in [9.17, 15) is 4.79 Å². The first kappa shape index (κ1) is 11.8. The Labute approximate surface area is 111 Å². The molecule has 0 radical (unpaired) electrons. The number of hydrogen-bond acceptors (Lipinski definition) is 4. The molecule has 1 aliphatic rings. The zero-order chi connectivity index (χ0) is 13.1. The topological polar surface area (TPSA) is 59.0 Å². The minimum atomic E-state index is -0.0487. The van der Waals surface area contributed by atoms with Gasteiger partial charge >= 0.3 is 0 Å². The van der Waals surface area contributed by atoms with E-state index in [-0.39, 0.29) is 11.9 Å². The van der Waals surface area contributed by atoms with Crippen LogP contribution in [0.5, 0.6) is 0 Å². The zero-order valence-electron chi connectivity index (χ0n) is 10.4. The molecule has 1 saturated heterocycles. The third kappa shape index (κ3) is 2.31. The van der Waals surface area contributed by atoms with E-state index in [0.29, 0.717) is 5.69 Å². The Morgan fingerprint density at radius 3 is 2.74 bits per heavy atom. The SMILES string of the molecule is O=C(c1cnccn1)N1CCC[C@H]1c1ccncc1. The Hall–Kier alpha value is -2.30. The van der Waals surface area contributed by atoms with Gasteiger partial charge in [-0.05, 0) is 30.5 Å². The molecule has 3 heterocycles. The molecule has 1 atom stereocenters. The lowest BCUT2D eigenvalue weighted by Gasteiger charge is -2.24. The molecule has 96 valence electrons. The van der Waals surface area contributed by atoms with Crippen molar-refractivity contribution in [2.24, 2.45) is 0 Å². The maximum Gasteiger partial charge on any atom is 0.274 e. The van der Waals surface area contributed by atoms with Gasteiger partial charge in [-0.2, -0.15) is 0 Å². The number of carbonyl (C=O) groups excluding carboxylic acids is 1. The van der Waals surface area contributed by atoms with Crippen LogP contribution < -0.4 is 0 Å². The lowest BCUT2D eigenvalue weighted by molar-refractivity contribution is 0.0729. The van der Waals surface area contributed by atoms with E-state index in [1.165, 1.54) is 6.20 Å². The molecule has 3 rings (SSSR count). The largest absolute Gasteiger partial charge is 0.330 e. The number of nitrogens with zero attached hydrogens (tertiary/aromatic N) is 4. The maximum absolute atomic E-state index is 12.4. The second kappa shape index (κ2) is 5.14. The predicted molar refractivity (Wildman–Crippen MR) is 69.3 cm³/mol. The highest BCUT2D eigenvalue weighted by Crippen LogP contribution is 2.32. The third-order valence-corrected chi connectivity index (χ3v) is 3.39. The predicted octanol–water partition coefficient (Wildman–Crippen LogP) is 1.85. The van der Waals surface area contributed by atoms with Gasteiger partial charge in [0.05, 0.1) is 12.2 Å². The van der Waals surface area contributed by atoms with Gasteiger partial charge in [0.1, 0.15) is 5.69 Å². The molecule has 0 saturated carbocycles. The second-order valence-corrected chi connectivity index (χ2v) is 4.53. The monoisotopic (exact) mass is 254 g/mol.